The molecule has 176 valence electrons. The molecule has 9 nitrogen and oxygen atoms in total. The standard InChI is InChI=1S/C24H24ClN5O4/c25-19-10-20-16(9-22(19)34-14-15-5-6-15)11-29(27-20)12-21-17-3-1-2-4-18(17)24(33)30(28-21)13-23(32)26-7-8-31/h1-4,9-11,15,31H,5-8,12-14H2,(H,26,32). The molecule has 1 aliphatic rings. The molecule has 0 unspecified atom stereocenters. The Bertz CT molecular complexity index is 1430. The average molecular weight is 482 g/mol. The van der Waals surface area contributed by atoms with Crippen LogP contribution in [0, 0.1) is 5.92 Å². The van der Waals surface area contributed by atoms with Gasteiger partial charge in [-0.05, 0) is 37.0 Å². The molecule has 1 amide bonds. The van der Waals surface area contributed by atoms with Gasteiger partial charge in [-0.3, -0.25) is 14.3 Å². The summed E-state index contributed by atoms with van der Waals surface area (Å²) in [7, 11) is 0. The first-order valence-corrected chi connectivity index (χ1v) is 11.6. The summed E-state index contributed by atoms with van der Waals surface area (Å²) in [5.74, 6) is 0.866. The topological polar surface area (TPSA) is 111 Å². The van der Waals surface area contributed by atoms with Crippen LogP contribution < -0.4 is 15.6 Å². The van der Waals surface area contributed by atoms with Gasteiger partial charge in [-0.15, -0.1) is 0 Å². The highest BCUT2D eigenvalue weighted by molar-refractivity contribution is 6.32. The summed E-state index contributed by atoms with van der Waals surface area (Å²) < 4.78 is 8.76. The first-order chi connectivity index (χ1) is 16.5. The fourth-order valence-electron chi connectivity index (χ4n) is 3.83. The Morgan fingerprint density at radius 1 is 1.21 bits per heavy atom. The number of halogens is 1. The molecule has 1 saturated carbocycles. The lowest BCUT2D eigenvalue weighted by molar-refractivity contribution is -0.122. The quantitative estimate of drug-likeness (QED) is 0.379. The minimum Gasteiger partial charge on any atom is -0.492 e. The van der Waals surface area contributed by atoms with Crippen LogP contribution in [0.3, 0.4) is 0 Å². The Balaban J connectivity index is 1.46. The Hall–Kier alpha value is -3.43. The van der Waals surface area contributed by atoms with E-state index in [0.717, 1.165) is 15.6 Å². The summed E-state index contributed by atoms with van der Waals surface area (Å²) in [5, 5.41) is 23.1. The van der Waals surface area contributed by atoms with Crippen molar-refractivity contribution in [3.63, 3.8) is 0 Å². The summed E-state index contributed by atoms with van der Waals surface area (Å²) in [6.45, 7) is 0.658. The van der Waals surface area contributed by atoms with Gasteiger partial charge in [0.05, 0.1) is 41.4 Å². The number of nitrogens with one attached hydrogen (secondary N) is 1. The third-order valence-corrected chi connectivity index (χ3v) is 6.06. The summed E-state index contributed by atoms with van der Waals surface area (Å²) >= 11 is 6.40. The zero-order valence-electron chi connectivity index (χ0n) is 18.4. The first-order valence-electron chi connectivity index (χ1n) is 11.2. The van der Waals surface area contributed by atoms with Crippen molar-refractivity contribution in [1.29, 1.82) is 0 Å². The molecule has 0 spiro atoms. The van der Waals surface area contributed by atoms with Gasteiger partial charge in [0, 0.05) is 23.5 Å². The van der Waals surface area contributed by atoms with E-state index >= 15 is 0 Å². The molecular weight excluding hydrogens is 458 g/mol. The van der Waals surface area contributed by atoms with Crippen LogP contribution in [0.2, 0.25) is 5.02 Å². The largest absolute Gasteiger partial charge is 0.492 e. The second-order valence-electron chi connectivity index (χ2n) is 8.45. The van der Waals surface area contributed by atoms with Crippen LogP contribution in [-0.2, 0) is 17.9 Å². The number of nitrogens with zero attached hydrogens (tertiary/aromatic N) is 4. The summed E-state index contributed by atoms with van der Waals surface area (Å²) in [5.41, 5.74) is 0.979. The number of aliphatic hydroxyl groups is 1. The number of benzene rings is 2. The van der Waals surface area contributed by atoms with Crippen molar-refractivity contribution in [3.05, 3.63) is 63.7 Å². The van der Waals surface area contributed by atoms with Gasteiger partial charge in [-0.2, -0.15) is 10.2 Å². The minimum absolute atomic E-state index is 0.114. The van der Waals surface area contributed by atoms with Gasteiger partial charge >= 0.3 is 0 Å². The van der Waals surface area contributed by atoms with Gasteiger partial charge in [0.15, 0.2) is 0 Å². The number of aliphatic hydroxyl groups excluding tert-OH is 1. The average Bonchev–Trinajstić information content (AvgIpc) is 3.58. The van der Waals surface area contributed by atoms with Gasteiger partial charge in [-0.25, -0.2) is 4.68 Å². The number of rotatable bonds is 9. The van der Waals surface area contributed by atoms with Crippen LogP contribution in [0.25, 0.3) is 21.7 Å². The van der Waals surface area contributed by atoms with Gasteiger partial charge in [0.1, 0.15) is 12.3 Å². The second-order valence-corrected chi connectivity index (χ2v) is 8.86. The van der Waals surface area contributed by atoms with Crippen LogP contribution in [0.15, 0.2) is 47.4 Å². The van der Waals surface area contributed by atoms with E-state index in [4.69, 9.17) is 21.4 Å². The zero-order valence-corrected chi connectivity index (χ0v) is 19.2. The Morgan fingerprint density at radius 2 is 2.00 bits per heavy atom. The van der Waals surface area contributed by atoms with Gasteiger partial charge < -0.3 is 15.2 Å². The van der Waals surface area contributed by atoms with Crippen LogP contribution in [0.4, 0.5) is 0 Å². The number of carbonyl (C=O) groups is 1. The molecular formula is C24H24ClN5O4. The van der Waals surface area contributed by atoms with Gasteiger partial charge in [-0.1, -0.05) is 29.8 Å². The smallest absolute Gasteiger partial charge is 0.275 e. The van der Waals surface area contributed by atoms with Crippen molar-refractivity contribution in [2.45, 2.75) is 25.9 Å². The van der Waals surface area contributed by atoms with Crippen LogP contribution >= 0.6 is 11.6 Å². The number of amides is 1. The Labute approximate surface area is 199 Å². The lowest BCUT2D eigenvalue weighted by Gasteiger charge is -2.11. The highest BCUT2D eigenvalue weighted by Crippen LogP contribution is 2.33. The number of hydrogen-bond donors (Lipinski definition) is 2. The van der Waals surface area contributed by atoms with Crippen molar-refractivity contribution < 1.29 is 14.6 Å². The molecule has 10 heteroatoms. The molecule has 0 radical (unpaired) electrons. The summed E-state index contributed by atoms with van der Waals surface area (Å²) in [6, 6.07) is 10.8. The SMILES string of the molecule is O=C(Cn1nc(Cn2cc3cc(OCC4CC4)c(Cl)cc3n2)c2ccccc2c1=O)NCCO. The van der Waals surface area contributed by atoms with Gasteiger partial charge in [0.25, 0.3) is 5.56 Å². The molecule has 4 aromatic rings. The fraction of sp³-hybridized carbons (Fsp3) is 0.333. The monoisotopic (exact) mass is 481 g/mol. The molecule has 2 aromatic heterocycles. The molecule has 2 heterocycles. The molecule has 2 aromatic carbocycles. The predicted octanol–water partition coefficient (Wildman–Crippen LogP) is 2.35. The van der Waals surface area contributed by atoms with Crippen molar-refractivity contribution in [2.24, 2.45) is 5.92 Å². The molecule has 5 rings (SSSR count). The number of fused-ring (bicyclic) bond motifs is 2. The molecule has 0 saturated heterocycles. The van der Waals surface area contributed by atoms with Crippen molar-refractivity contribution in [3.8, 4) is 5.75 Å². The Morgan fingerprint density at radius 3 is 2.76 bits per heavy atom. The molecule has 1 aliphatic carbocycles. The van der Waals surface area contributed by atoms with Crippen molar-refractivity contribution >= 4 is 39.2 Å². The Kier molecular flexibility index (Phi) is 6.21. The second kappa shape index (κ2) is 9.44. The van der Waals surface area contributed by atoms with Crippen molar-refractivity contribution in [2.75, 3.05) is 19.8 Å². The van der Waals surface area contributed by atoms with E-state index in [1.165, 1.54) is 12.8 Å². The molecule has 1 fully saturated rings. The first kappa shape index (κ1) is 22.4. The lowest BCUT2D eigenvalue weighted by atomic mass is 10.1. The normalized spacial score (nSPS) is 13.5. The van der Waals surface area contributed by atoms with Crippen molar-refractivity contribution in [1.82, 2.24) is 24.9 Å². The van der Waals surface area contributed by atoms with E-state index in [1.807, 2.05) is 24.4 Å². The highest BCUT2D eigenvalue weighted by atomic mass is 35.5. The van der Waals surface area contributed by atoms with E-state index in [9.17, 15) is 9.59 Å². The molecule has 2 N–H and O–H groups in total. The van der Waals surface area contributed by atoms with E-state index < -0.39 is 5.91 Å². The third kappa shape index (κ3) is 4.76. The van der Waals surface area contributed by atoms with Crippen LogP contribution in [0.1, 0.15) is 18.5 Å². The van der Waals surface area contributed by atoms with E-state index in [1.54, 1.807) is 22.9 Å². The lowest BCUT2D eigenvalue weighted by Crippen LogP contribution is -2.35. The zero-order chi connectivity index (χ0) is 23.7. The maximum Gasteiger partial charge on any atom is 0.275 e. The highest BCUT2D eigenvalue weighted by Gasteiger charge is 2.22. The van der Waals surface area contributed by atoms with Crippen LogP contribution in [0.5, 0.6) is 5.75 Å². The maximum absolute atomic E-state index is 12.9. The third-order valence-electron chi connectivity index (χ3n) is 5.76. The van der Waals surface area contributed by atoms with Gasteiger partial charge in [0.2, 0.25) is 5.91 Å². The molecule has 0 aliphatic heterocycles. The summed E-state index contributed by atoms with van der Waals surface area (Å²) in [4.78, 5) is 25.0. The molecule has 0 atom stereocenters. The predicted molar refractivity (Wildman–Crippen MR) is 128 cm³/mol. The number of aromatic nitrogens is 4. The van der Waals surface area contributed by atoms with E-state index in [2.05, 4.69) is 15.5 Å². The maximum atomic E-state index is 12.9. The van der Waals surface area contributed by atoms with E-state index in [0.29, 0.717) is 46.3 Å². The fourth-order valence-corrected chi connectivity index (χ4v) is 4.04. The summed E-state index contributed by atoms with van der Waals surface area (Å²) in [6.07, 6.45) is 4.28. The number of ether oxygens (including phenoxy) is 1. The minimum atomic E-state index is -0.400. The van der Waals surface area contributed by atoms with E-state index in [-0.39, 0.29) is 25.3 Å². The van der Waals surface area contributed by atoms with Crippen LogP contribution in [-0.4, -0.2) is 50.3 Å². The molecule has 34 heavy (non-hydrogen) atoms. The number of hydrogen-bond acceptors (Lipinski definition) is 6. The molecule has 0 bridgehead atoms. The number of carbonyl (C=O) groups excluding carboxylic acids is 1.